The van der Waals surface area contributed by atoms with Crippen molar-refractivity contribution in [3.05, 3.63) is 88.6 Å². The van der Waals surface area contributed by atoms with Gasteiger partial charge in [-0.05, 0) is 97.1 Å². The molecule has 0 radical (unpaired) electrons. The lowest BCUT2D eigenvalue weighted by atomic mass is 9.98. The second kappa shape index (κ2) is 13.2. The van der Waals surface area contributed by atoms with Crippen LogP contribution in [-0.2, 0) is 13.2 Å². The van der Waals surface area contributed by atoms with Gasteiger partial charge in [0.2, 0.25) is 0 Å². The number of rotatable bonds is 11. The molecule has 34 heavy (non-hydrogen) atoms. The molecule has 178 valence electrons. The summed E-state index contributed by atoms with van der Waals surface area (Å²) in [5, 5.41) is 4.29. The molecule has 1 heterocycles. The van der Waals surface area contributed by atoms with E-state index in [0.29, 0.717) is 6.61 Å². The lowest BCUT2D eigenvalue weighted by molar-refractivity contribution is 0.286. The Kier molecular flexibility index (Phi) is 10.0. The van der Waals surface area contributed by atoms with Gasteiger partial charge in [-0.1, -0.05) is 61.6 Å². The van der Waals surface area contributed by atoms with Crippen molar-refractivity contribution >= 4 is 11.3 Å². The lowest BCUT2D eigenvalue weighted by Gasteiger charge is -2.21. The molecule has 3 heteroatoms. The minimum Gasteiger partial charge on any atom is -0.489 e. The Balaban J connectivity index is 1.59. The zero-order valence-electron chi connectivity index (χ0n) is 21.0. The second-order valence-electron chi connectivity index (χ2n) is 9.66. The van der Waals surface area contributed by atoms with Crippen LogP contribution in [0.25, 0.3) is 11.1 Å². The molecule has 0 aliphatic rings. The fourth-order valence-electron chi connectivity index (χ4n) is 3.56. The number of hydrogen-bond donors (Lipinski definition) is 0. The summed E-state index contributed by atoms with van der Waals surface area (Å²) in [7, 11) is 0. The van der Waals surface area contributed by atoms with Gasteiger partial charge in [0.05, 0.1) is 0 Å². The largest absolute Gasteiger partial charge is 0.489 e. The van der Waals surface area contributed by atoms with E-state index >= 15 is 0 Å². The third-order valence-corrected chi connectivity index (χ3v) is 6.01. The van der Waals surface area contributed by atoms with Gasteiger partial charge in [-0.2, -0.15) is 11.3 Å². The van der Waals surface area contributed by atoms with Crippen LogP contribution in [0.3, 0.4) is 0 Å². The molecule has 0 amide bonds. The van der Waals surface area contributed by atoms with E-state index in [0.717, 1.165) is 25.4 Å². The van der Waals surface area contributed by atoms with Crippen molar-refractivity contribution in [3.63, 3.8) is 0 Å². The molecule has 0 bridgehead atoms. The standard InChI is InChI=1S/C31H37NOS/c1-5-6-18-32(19-9-7-8-17-31(2,3)4)23-26-12-11-15-30(22-26)33-24-27-13-10-14-28(21-27)29-16-20-34-25-29/h7,9-16,20-22,25H,5-6,18-19,23-24H2,1-4H3. The van der Waals surface area contributed by atoms with Crippen LogP contribution in [0, 0.1) is 17.3 Å². The first-order valence-corrected chi connectivity index (χ1v) is 13.1. The summed E-state index contributed by atoms with van der Waals surface area (Å²) in [4.78, 5) is 2.47. The third-order valence-electron chi connectivity index (χ3n) is 5.33. The van der Waals surface area contributed by atoms with E-state index in [1.165, 1.54) is 35.1 Å². The number of benzene rings is 2. The summed E-state index contributed by atoms with van der Waals surface area (Å²) < 4.78 is 6.16. The minimum atomic E-state index is 0.0396. The average molecular weight is 472 g/mol. The van der Waals surface area contributed by atoms with Crippen molar-refractivity contribution in [1.29, 1.82) is 0 Å². The van der Waals surface area contributed by atoms with E-state index in [1.807, 2.05) is 12.1 Å². The van der Waals surface area contributed by atoms with Gasteiger partial charge in [-0.3, -0.25) is 4.90 Å². The summed E-state index contributed by atoms with van der Waals surface area (Å²) in [5.74, 6) is 7.36. The highest BCUT2D eigenvalue weighted by molar-refractivity contribution is 7.08. The first kappa shape index (κ1) is 25.8. The number of nitrogens with zero attached hydrogens (tertiary/aromatic N) is 1. The van der Waals surface area contributed by atoms with Crippen LogP contribution in [0.5, 0.6) is 5.75 Å². The smallest absolute Gasteiger partial charge is 0.120 e. The Labute approximate surface area is 210 Å². The molecule has 0 saturated carbocycles. The van der Waals surface area contributed by atoms with Crippen molar-refractivity contribution < 1.29 is 4.74 Å². The molecule has 2 nitrogen and oxygen atoms in total. The Morgan fingerprint density at radius 3 is 2.59 bits per heavy atom. The maximum Gasteiger partial charge on any atom is 0.120 e. The predicted molar refractivity (Wildman–Crippen MR) is 147 cm³/mol. The van der Waals surface area contributed by atoms with Crippen LogP contribution >= 0.6 is 11.3 Å². The molecule has 3 aromatic rings. The molecule has 1 aromatic heterocycles. The van der Waals surface area contributed by atoms with Crippen LogP contribution < -0.4 is 4.74 Å². The summed E-state index contributed by atoms with van der Waals surface area (Å²) in [6.45, 7) is 12.1. The third kappa shape index (κ3) is 9.21. The molecular weight excluding hydrogens is 434 g/mol. The Morgan fingerprint density at radius 2 is 1.82 bits per heavy atom. The summed E-state index contributed by atoms with van der Waals surface area (Å²) >= 11 is 1.72. The summed E-state index contributed by atoms with van der Waals surface area (Å²) in [5.41, 5.74) is 5.00. The molecular formula is C31H37NOS. The van der Waals surface area contributed by atoms with Gasteiger partial charge in [-0.15, -0.1) is 0 Å². The van der Waals surface area contributed by atoms with E-state index in [9.17, 15) is 0 Å². The molecule has 0 aliphatic carbocycles. The normalized spacial score (nSPS) is 11.6. The number of unbranched alkanes of at least 4 members (excludes halogenated alkanes) is 1. The van der Waals surface area contributed by atoms with Gasteiger partial charge in [0.1, 0.15) is 12.4 Å². The molecule has 0 N–H and O–H groups in total. The first-order chi connectivity index (χ1) is 16.4. The number of ether oxygens (including phenoxy) is 1. The van der Waals surface area contributed by atoms with Gasteiger partial charge in [0.15, 0.2) is 0 Å². The zero-order valence-corrected chi connectivity index (χ0v) is 21.8. The van der Waals surface area contributed by atoms with Crippen molar-refractivity contribution in [3.8, 4) is 28.7 Å². The number of hydrogen-bond acceptors (Lipinski definition) is 3. The lowest BCUT2D eigenvalue weighted by Crippen LogP contribution is -2.24. The number of allylic oxidation sites excluding steroid dienone is 1. The van der Waals surface area contributed by atoms with Crippen molar-refractivity contribution in [2.75, 3.05) is 13.1 Å². The fourth-order valence-corrected chi connectivity index (χ4v) is 4.23. The Bertz CT molecular complexity index is 1100. The average Bonchev–Trinajstić information content (AvgIpc) is 3.36. The molecule has 0 spiro atoms. The topological polar surface area (TPSA) is 12.5 Å². The van der Waals surface area contributed by atoms with Crippen molar-refractivity contribution in [1.82, 2.24) is 4.90 Å². The van der Waals surface area contributed by atoms with E-state index in [1.54, 1.807) is 11.3 Å². The van der Waals surface area contributed by atoms with Crippen LogP contribution in [0.2, 0.25) is 0 Å². The number of thiophene rings is 1. The van der Waals surface area contributed by atoms with Crippen LogP contribution in [0.4, 0.5) is 0 Å². The van der Waals surface area contributed by atoms with Gasteiger partial charge in [0, 0.05) is 18.5 Å². The molecule has 3 rings (SSSR count). The van der Waals surface area contributed by atoms with E-state index in [2.05, 4.69) is 110 Å². The fraction of sp³-hybridized carbons (Fsp3) is 0.355. The summed E-state index contributed by atoms with van der Waals surface area (Å²) in [6, 6.07) is 19.3. The molecule has 0 saturated heterocycles. The van der Waals surface area contributed by atoms with Crippen molar-refractivity contribution in [2.45, 2.75) is 53.7 Å². The van der Waals surface area contributed by atoms with Crippen LogP contribution in [0.15, 0.2) is 77.5 Å². The van der Waals surface area contributed by atoms with Gasteiger partial charge < -0.3 is 4.74 Å². The first-order valence-electron chi connectivity index (χ1n) is 12.2. The summed E-state index contributed by atoms with van der Waals surface area (Å²) in [6.07, 6.45) is 6.55. The second-order valence-corrected chi connectivity index (χ2v) is 10.4. The Morgan fingerprint density at radius 1 is 1.00 bits per heavy atom. The highest BCUT2D eigenvalue weighted by Gasteiger charge is 2.07. The maximum absolute atomic E-state index is 6.16. The molecule has 0 unspecified atom stereocenters. The SMILES string of the molecule is CCCCN(CC=CC#CC(C)(C)C)Cc1cccc(OCc2cccc(-c3ccsc3)c2)c1. The van der Waals surface area contributed by atoms with Gasteiger partial charge >= 0.3 is 0 Å². The van der Waals surface area contributed by atoms with Crippen LogP contribution in [0.1, 0.15) is 51.7 Å². The monoisotopic (exact) mass is 471 g/mol. The predicted octanol–water partition coefficient (Wildman–Crippen LogP) is 8.20. The van der Waals surface area contributed by atoms with E-state index in [4.69, 9.17) is 4.74 Å². The van der Waals surface area contributed by atoms with E-state index < -0.39 is 0 Å². The van der Waals surface area contributed by atoms with Gasteiger partial charge in [-0.25, -0.2) is 0 Å². The van der Waals surface area contributed by atoms with Crippen molar-refractivity contribution in [2.24, 2.45) is 5.41 Å². The highest BCUT2D eigenvalue weighted by Crippen LogP contribution is 2.24. The van der Waals surface area contributed by atoms with Crippen LogP contribution in [-0.4, -0.2) is 18.0 Å². The zero-order chi connectivity index (χ0) is 24.2. The molecule has 0 aliphatic heterocycles. The van der Waals surface area contributed by atoms with E-state index in [-0.39, 0.29) is 5.41 Å². The molecule has 2 aromatic carbocycles. The Hall–Kier alpha value is -2.80. The molecule has 0 atom stereocenters. The maximum atomic E-state index is 6.16. The highest BCUT2D eigenvalue weighted by atomic mass is 32.1. The van der Waals surface area contributed by atoms with Gasteiger partial charge in [0.25, 0.3) is 0 Å². The quantitative estimate of drug-likeness (QED) is 0.261. The molecule has 0 fully saturated rings. The minimum absolute atomic E-state index is 0.0396.